The van der Waals surface area contributed by atoms with Crippen LogP contribution < -0.4 is 11.4 Å². The normalized spacial score (nSPS) is 29.6. The lowest BCUT2D eigenvalue weighted by atomic mass is 10.1. The van der Waals surface area contributed by atoms with Gasteiger partial charge in [0.25, 0.3) is 0 Å². The third-order valence-electron chi connectivity index (χ3n) is 2.72. The molecule has 10 heteroatoms. The van der Waals surface area contributed by atoms with Crippen molar-refractivity contribution in [2.45, 2.75) is 24.4 Å². The van der Waals surface area contributed by atoms with E-state index in [4.69, 9.17) is 22.1 Å². The Morgan fingerprint density at radius 2 is 2.32 bits per heavy atom. The lowest BCUT2D eigenvalue weighted by Gasteiger charge is -2.21. The first kappa shape index (κ1) is 14.9. The zero-order valence-corrected chi connectivity index (χ0v) is 12.2. The first-order valence-corrected chi connectivity index (χ1v) is 7.00. The van der Waals surface area contributed by atoms with Crippen molar-refractivity contribution in [2.75, 3.05) is 10.2 Å². The first-order valence-electron chi connectivity index (χ1n) is 5.10. The Bertz CT molecular complexity index is 556. The Morgan fingerprint density at radius 1 is 1.68 bits per heavy atom. The van der Waals surface area contributed by atoms with Crippen LogP contribution in [0.15, 0.2) is 11.0 Å². The second kappa shape index (κ2) is 5.11. The van der Waals surface area contributed by atoms with Crippen molar-refractivity contribution in [1.29, 1.82) is 0 Å². The van der Waals surface area contributed by atoms with Crippen LogP contribution in [0.2, 0.25) is 5.02 Å². The molecule has 0 radical (unpaired) electrons. The van der Waals surface area contributed by atoms with E-state index in [-0.39, 0.29) is 15.3 Å². The maximum absolute atomic E-state index is 13.9. The van der Waals surface area contributed by atoms with Crippen molar-refractivity contribution in [3.63, 3.8) is 0 Å². The second-order valence-electron chi connectivity index (χ2n) is 3.96. The summed E-state index contributed by atoms with van der Waals surface area (Å²) in [6, 6.07) is 0. The molecule has 3 atom stereocenters. The topological polar surface area (TPSA) is 90.4 Å². The Hall–Kier alpha value is -0.520. The van der Waals surface area contributed by atoms with Crippen LogP contribution in [0.5, 0.6) is 0 Å². The molecular formula is C9H9ClF2IN3O3. The number of nitrogen functional groups attached to an aromatic ring is 1. The maximum Gasteiger partial charge on any atom is 0.351 e. The fraction of sp³-hybridized carbons (Fsp3) is 0.556. The highest BCUT2D eigenvalue weighted by Crippen LogP contribution is 2.42. The molecule has 2 rings (SSSR count). The van der Waals surface area contributed by atoms with Crippen LogP contribution in [-0.4, -0.2) is 37.2 Å². The summed E-state index contributed by atoms with van der Waals surface area (Å²) in [6.45, 7) is 0. The van der Waals surface area contributed by atoms with Gasteiger partial charge in [0.1, 0.15) is 18.0 Å². The highest BCUT2D eigenvalue weighted by Gasteiger charge is 2.59. The zero-order valence-electron chi connectivity index (χ0n) is 9.26. The standard InChI is InChI=1S/C9H9ClF2IN3O3/c10-3-2-16(8(18)15-6(3)14)7-9(11,12)5(17)4(1-13)19-7/h2,4-5,7,17H,1H2,(H2,14,15,18)/t4-,5-,7-/m1/s1. The fourth-order valence-electron chi connectivity index (χ4n) is 1.72. The highest BCUT2D eigenvalue weighted by atomic mass is 127. The molecule has 3 N–H and O–H groups in total. The molecule has 19 heavy (non-hydrogen) atoms. The number of aliphatic hydroxyl groups is 1. The number of aromatic nitrogens is 2. The van der Waals surface area contributed by atoms with Gasteiger partial charge in [-0.15, -0.1) is 0 Å². The third-order valence-corrected chi connectivity index (χ3v) is 3.88. The van der Waals surface area contributed by atoms with Gasteiger partial charge in [-0.3, -0.25) is 4.57 Å². The van der Waals surface area contributed by atoms with Gasteiger partial charge in [-0.1, -0.05) is 34.2 Å². The summed E-state index contributed by atoms with van der Waals surface area (Å²) >= 11 is 7.46. The molecule has 1 saturated heterocycles. The lowest BCUT2D eigenvalue weighted by molar-refractivity contribution is -0.140. The number of ether oxygens (including phenoxy) is 1. The molecule has 1 aromatic heterocycles. The minimum absolute atomic E-state index is 0.147. The number of rotatable bonds is 2. The van der Waals surface area contributed by atoms with Gasteiger partial charge in [0.05, 0.1) is 5.02 Å². The zero-order chi connectivity index (χ0) is 14.4. The summed E-state index contributed by atoms with van der Waals surface area (Å²) < 4.78 is 33.5. The van der Waals surface area contributed by atoms with Crippen molar-refractivity contribution in [1.82, 2.24) is 9.55 Å². The molecule has 0 aliphatic carbocycles. The van der Waals surface area contributed by atoms with E-state index in [1.807, 2.05) is 0 Å². The number of hydrogen-bond acceptors (Lipinski definition) is 5. The molecular weight excluding hydrogens is 398 g/mol. The number of anilines is 1. The smallest absolute Gasteiger partial charge is 0.351 e. The molecule has 1 aliphatic heterocycles. The summed E-state index contributed by atoms with van der Waals surface area (Å²) in [4.78, 5) is 14.9. The quantitative estimate of drug-likeness (QED) is 0.559. The Balaban J connectivity index is 2.48. The van der Waals surface area contributed by atoms with E-state index in [2.05, 4.69) is 4.98 Å². The van der Waals surface area contributed by atoms with Crippen molar-refractivity contribution in [2.24, 2.45) is 0 Å². The van der Waals surface area contributed by atoms with Gasteiger partial charge in [-0.2, -0.15) is 13.8 Å². The van der Waals surface area contributed by atoms with E-state index < -0.39 is 30.0 Å². The number of halogens is 4. The third kappa shape index (κ3) is 2.43. The monoisotopic (exact) mass is 407 g/mol. The first-order chi connectivity index (χ1) is 8.78. The number of alkyl halides is 3. The van der Waals surface area contributed by atoms with Gasteiger partial charge in [-0.25, -0.2) is 4.79 Å². The van der Waals surface area contributed by atoms with Gasteiger partial charge in [0, 0.05) is 10.6 Å². The van der Waals surface area contributed by atoms with Gasteiger partial charge >= 0.3 is 11.6 Å². The molecule has 0 aromatic carbocycles. The summed E-state index contributed by atoms with van der Waals surface area (Å²) in [5.41, 5.74) is 4.28. The molecule has 0 saturated carbocycles. The summed E-state index contributed by atoms with van der Waals surface area (Å²) in [5.74, 6) is -3.88. The Labute approximate surface area is 124 Å². The van der Waals surface area contributed by atoms with Crippen LogP contribution in [0.1, 0.15) is 6.23 Å². The molecule has 0 spiro atoms. The van der Waals surface area contributed by atoms with Crippen LogP contribution in [0.25, 0.3) is 0 Å². The predicted molar refractivity (Wildman–Crippen MR) is 71.7 cm³/mol. The number of nitrogens with two attached hydrogens (primary N) is 1. The largest absolute Gasteiger partial charge is 0.384 e. The summed E-state index contributed by atoms with van der Waals surface area (Å²) in [5, 5.41) is 9.34. The van der Waals surface area contributed by atoms with Gasteiger partial charge in [0.15, 0.2) is 0 Å². The molecule has 0 amide bonds. The van der Waals surface area contributed by atoms with Crippen molar-refractivity contribution in [3.8, 4) is 0 Å². The van der Waals surface area contributed by atoms with Crippen molar-refractivity contribution < 1.29 is 18.6 Å². The van der Waals surface area contributed by atoms with Crippen LogP contribution >= 0.6 is 34.2 Å². The van der Waals surface area contributed by atoms with E-state index in [0.717, 1.165) is 6.20 Å². The summed E-state index contributed by atoms with van der Waals surface area (Å²) in [6.07, 6.45) is -4.12. The van der Waals surface area contributed by atoms with E-state index in [1.165, 1.54) is 0 Å². The van der Waals surface area contributed by atoms with Gasteiger partial charge in [-0.05, 0) is 0 Å². The van der Waals surface area contributed by atoms with Crippen molar-refractivity contribution in [3.05, 3.63) is 21.7 Å². The van der Waals surface area contributed by atoms with Crippen LogP contribution in [-0.2, 0) is 4.74 Å². The SMILES string of the molecule is Nc1nc(=O)n([C@@H]2O[C@H](CI)[C@@H](O)C2(F)F)cc1Cl. The van der Waals surface area contributed by atoms with Gasteiger partial charge < -0.3 is 15.6 Å². The van der Waals surface area contributed by atoms with E-state index in [9.17, 15) is 18.7 Å². The molecule has 1 fully saturated rings. The number of nitrogens with zero attached hydrogens (tertiary/aromatic N) is 2. The number of hydrogen-bond donors (Lipinski definition) is 2. The Morgan fingerprint density at radius 3 is 2.84 bits per heavy atom. The Kier molecular flexibility index (Phi) is 4.00. The molecule has 0 unspecified atom stereocenters. The second-order valence-corrected chi connectivity index (χ2v) is 5.25. The maximum atomic E-state index is 13.9. The van der Waals surface area contributed by atoms with Crippen LogP contribution in [0.4, 0.5) is 14.6 Å². The molecule has 1 aromatic rings. The molecule has 0 bridgehead atoms. The lowest BCUT2D eigenvalue weighted by Crippen LogP contribution is -2.41. The van der Waals surface area contributed by atoms with Gasteiger partial charge in [0.2, 0.25) is 6.23 Å². The molecule has 106 valence electrons. The minimum Gasteiger partial charge on any atom is -0.384 e. The van der Waals surface area contributed by atoms with E-state index in [1.54, 1.807) is 22.6 Å². The minimum atomic E-state index is -3.62. The fourth-order valence-corrected chi connectivity index (χ4v) is 2.56. The predicted octanol–water partition coefficient (Wildman–Crippen LogP) is 0.807. The highest BCUT2D eigenvalue weighted by molar-refractivity contribution is 14.1. The van der Waals surface area contributed by atoms with Crippen molar-refractivity contribution >= 4 is 40.0 Å². The summed E-state index contributed by atoms with van der Waals surface area (Å²) in [7, 11) is 0. The van der Waals surface area contributed by atoms with E-state index >= 15 is 0 Å². The van der Waals surface area contributed by atoms with Crippen LogP contribution in [0, 0.1) is 0 Å². The van der Waals surface area contributed by atoms with Crippen LogP contribution in [0.3, 0.4) is 0 Å². The average Bonchev–Trinajstić information content (AvgIpc) is 2.56. The average molecular weight is 408 g/mol. The molecule has 1 aliphatic rings. The molecule has 2 heterocycles. The molecule has 6 nitrogen and oxygen atoms in total. The van der Waals surface area contributed by atoms with E-state index in [0.29, 0.717) is 4.57 Å². The number of aliphatic hydroxyl groups excluding tert-OH is 1.